The number of benzene rings is 1. The third-order valence-corrected chi connectivity index (χ3v) is 3.24. The number of amides is 1. The molecule has 1 aromatic carbocycles. The summed E-state index contributed by atoms with van der Waals surface area (Å²) in [4.78, 5) is 12.2. The van der Waals surface area contributed by atoms with E-state index < -0.39 is 0 Å². The van der Waals surface area contributed by atoms with Gasteiger partial charge in [-0.25, -0.2) is 0 Å². The molecule has 0 saturated heterocycles. The van der Waals surface area contributed by atoms with Gasteiger partial charge in [0, 0.05) is 30.9 Å². The molecule has 5 heteroatoms. The van der Waals surface area contributed by atoms with Crippen LogP contribution >= 0.6 is 0 Å². The number of hydrogen-bond donors (Lipinski definition) is 1. The van der Waals surface area contributed by atoms with Crippen LogP contribution in [0.5, 0.6) is 5.75 Å². The van der Waals surface area contributed by atoms with E-state index in [4.69, 9.17) is 14.2 Å². The van der Waals surface area contributed by atoms with Crippen LogP contribution in [0.25, 0.3) is 0 Å². The predicted molar refractivity (Wildman–Crippen MR) is 86.4 cm³/mol. The number of ether oxygens (including phenoxy) is 3. The second-order valence-corrected chi connectivity index (χ2v) is 5.26. The summed E-state index contributed by atoms with van der Waals surface area (Å²) in [6.45, 7) is 5.66. The highest BCUT2D eigenvalue weighted by atomic mass is 16.5. The fraction of sp³-hybridized carbons (Fsp3) is 0.588. The first kappa shape index (κ1) is 18.5. The summed E-state index contributed by atoms with van der Waals surface area (Å²) in [5.41, 5.74) is 1.48. The summed E-state index contributed by atoms with van der Waals surface area (Å²) < 4.78 is 16.0. The Hall–Kier alpha value is -1.59. The first-order valence-electron chi connectivity index (χ1n) is 7.66. The van der Waals surface area contributed by atoms with Gasteiger partial charge < -0.3 is 19.5 Å². The summed E-state index contributed by atoms with van der Waals surface area (Å²) in [6, 6.07) is 5.33. The van der Waals surface area contributed by atoms with E-state index >= 15 is 0 Å². The Morgan fingerprint density at radius 1 is 1.32 bits per heavy atom. The van der Waals surface area contributed by atoms with E-state index in [0.717, 1.165) is 24.2 Å². The van der Waals surface area contributed by atoms with Gasteiger partial charge in [0.1, 0.15) is 5.75 Å². The molecule has 22 heavy (non-hydrogen) atoms. The van der Waals surface area contributed by atoms with E-state index in [1.54, 1.807) is 26.4 Å². The third kappa shape index (κ3) is 6.03. The first-order chi connectivity index (χ1) is 10.6. The molecule has 0 radical (unpaired) electrons. The van der Waals surface area contributed by atoms with Gasteiger partial charge in [0.2, 0.25) is 0 Å². The number of unbranched alkanes of at least 4 members (excludes halogenated alkanes) is 1. The molecule has 0 aliphatic rings. The average Bonchev–Trinajstić information content (AvgIpc) is 2.51. The molecule has 0 spiro atoms. The quantitative estimate of drug-likeness (QED) is 0.675. The second-order valence-electron chi connectivity index (χ2n) is 5.26. The standard InChI is InChI=1S/C17H27NO4/c1-5-6-9-22-12-15-10-14(7-8-16(15)21-4)17(19)18-13(2)11-20-3/h7-8,10,13H,5-6,9,11-12H2,1-4H3,(H,18,19)/t13-/m0/s1. The van der Waals surface area contributed by atoms with Crippen molar-refractivity contribution < 1.29 is 19.0 Å². The lowest BCUT2D eigenvalue weighted by Crippen LogP contribution is -2.35. The monoisotopic (exact) mass is 309 g/mol. The number of carbonyl (C=O) groups is 1. The summed E-state index contributed by atoms with van der Waals surface area (Å²) in [7, 11) is 3.23. The van der Waals surface area contributed by atoms with Crippen LogP contribution in [0, 0.1) is 0 Å². The predicted octanol–water partition coefficient (Wildman–Crippen LogP) is 2.78. The minimum absolute atomic E-state index is 0.0381. The number of rotatable bonds is 10. The van der Waals surface area contributed by atoms with Crippen LogP contribution < -0.4 is 10.1 Å². The summed E-state index contributed by atoms with van der Waals surface area (Å²) in [6.07, 6.45) is 2.12. The van der Waals surface area contributed by atoms with Crippen molar-refractivity contribution in [3.8, 4) is 5.75 Å². The smallest absolute Gasteiger partial charge is 0.251 e. The van der Waals surface area contributed by atoms with Gasteiger partial charge >= 0.3 is 0 Å². The van der Waals surface area contributed by atoms with Gasteiger partial charge in [-0.1, -0.05) is 13.3 Å². The lowest BCUT2D eigenvalue weighted by atomic mass is 10.1. The SMILES string of the molecule is CCCCOCc1cc(C(=O)N[C@@H](C)COC)ccc1OC. The fourth-order valence-electron chi connectivity index (χ4n) is 2.06. The molecule has 124 valence electrons. The molecule has 1 N–H and O–H groups in total. The van der Waals surface area contributed by atoms with Crippen molar-refractivity contribution in [2.75, 3.05) is 27.4 Å². The van der Waals surface area contributed by atoms with Crippen molar-refractivity contribution in [2.45, 2.75) is 39.3 Å². The van der Waals surface area contributed by atoms with Crippen LogP contribution in [0.15, 0.2) is 18.2 Å². The summed E-state index contributed by atoms with van der Waals surface area (Å²) in [5, 5.41) is 2.89. The van der Waals surface area contributed by atoms with E-state index in [-0.39, 0.29) is 11.9 Å². The molecule has 0 fully saturated rings. The maximum Gasteiger partial charge on any atom is 0.251 e. The molecular weight excluding hydrogens is 282 g/mol. The van der Waals surface area contributed by atoms with Gasteiger partial charge in [-0.2, -0.15) is 0 Å². The Labute approximate surface area is 132 Å². The topological polar surface area (TPSA) is 56.8 Å². The molecule has 0 aromatic heterocycles. The van der Waals surface area contributed by atoms with E-state index in [2.05, 4.69) is 12.2 Å². The Balaban J connectivity index is 2.73. The molecule has 0 aliphatic carbocycles. The summed E-state index contributed by atoms with van der Waals surface area (Å²) >= 11 is 0. The second kappa shape index (κ2) is 10.2. The van der Waals surface area contributed by atoms with Gasteiger partial charge in [-0.3, -0.25) is 4.79 Å². The van der Waals surface area contributed by atoms with Gasteiger partial charge in [0.15, 0.2) is 0 Å². The van der Waals surface area contributed by atoms with Crippen molar-refractivity contribution in [2.24, 2.45) is 0 Å². The van der Waals surface area contributed by atoms with Crippen molar-refractivity contribution in [3.63, 3.8) is 0 Å². The first-order valence-corrected chi connectivity index (χ1v) is 7.66. The van der Waals surface area contributed by atoms with E-state index in [1.165, 1.54) is 0 Å². The lowest BCUT2D eigenvalue weighted by Gasteiger charge is -2.14. The molecule has 0 bridgehead atoms. The van der Waals surface area contributed by atoms with Crippen LogP contribution in [0.2, 0.25) is 0 Å². The highest BCUT2D eigenvalue weighted by Crippen LogP contribution is 2.21. The highest BCUT2D eigenvalue weighted by Gasteiger charge is 2.12. The van der Waals surface area contributed by atoms with E-state index in [1.807, 2.05) is 13.0 Å². The van der Waals surface area contributed by atoms with E-state index in [0.29, 0.717) is 25.4 Å². The van der Waals surface area contributed by atoms with Gasteiger partial charge in [-0.05, 0) is 31.5 Å². The van der Waals surface area contributed by atoms with Crippen molar-refractivity contribution in [1.82, 2.24) is 5.32 Å². The van der Waals surface area contributed by atoms with Crippen LogP contribution in [0.3, 0.4) is 0 Å². The largest absolute Gasteiger partial charge is 0.496 e. The lowest BCUT2D eigenvalue weighted by molar-refractivity contribution is 0.0904. The Morgan fingerprint density at radius 3 is 2.73 bits per heavy atom. The summed E-state index contributed by atoms with van der Waals surface area (Å²) in [5.74, 6) is 0.611. The van der Waals surface area contributed by atoms with Gasteiger partial charge in [0.25, 0.3) is 5.91 Å². The molecular formula is C17H27NO4. The van der Waals surface area contributed by atoms with Crippen molar-refractivity contribution in [1.29, 1.82) is 0 Å². The van der Waals surface area contributed by atoms with Crippen LogP contribution in [0.1, 0.15) is 42.6 Å². The Bertz CT molecular complexity index is 462. The van der Waals surface area contributed by atoms with Crippen LogP contribution in [-0.2, 0) is 16.1 Å². The molecule has 0 aliphatic heterocycles. The molecule has 0 heterocycles. The zero-order valence-electron chi connectivity index (χ0n) is 14.0. The van der Waals surface area contributed by atoms with E-state index in [9.17, 15) is 4.79 Å². The fourth-order valence-corrected chi connectivity index (χ4v) is 2.06. The van der Waals surface area contributed by atoms with Crippen molar-refractivity contribution in [3.05, 3.63) is 29.3 Å². The zero-order valence-corrected chi connectivity index (χ0v) is 14.0. The number of hydrogen-bond acceptors (Lipinski definition) is 4. The molecule has 0 unspecified atom stereocenters. The molecule has 5 nitrogen and oxygen atoms in total. The van der Waals surface area contributed by atoms with Gasteiger partial charge in [0.05, 0.1) is 20.3 Å². The molecule has 1 atom stereocenters. The number of nitrogens with one attached hydrogen (secondary N) is 1. The molecule has 1 aromatic rings. The molecule has 0 saturated carbocycles. The highest BCUT2D eigenvalue weighted by molar-refractivity contribution is 5.94. The maximum atomic E-state index is 12.2. The maximum absolute atomic E-state index is 12.2. The minimum Gasteiger partial charge on any atom is -0.496 e. The number of methoxy groups -OCH3 is 2. The van der Waals surface area contributed by atoms with Crippen LogP contribution in [0.4, 0.5) is 0 Å². The van der Waals surface area contributed by atoms with Crippen molar-refractivity contribution >= 4 is 5.91 Å². The van der Waals surface area contributed by atoms with Crippen LogP contribution in [-0.4, -0.2) is 39.4 Å². The minimum atomic E-state index is -0.123. The third-order valence-electron chi connectivity index (χ3n) is 3.24. The normalized spacial score (nSPS) is 12.0. The number of carbonyl (C=O) groups excluding carboxylic acids is 1. The average molecular weight is 309 g/mol. The Morgan fingerprint density at radius 2 is 2.09 bits per heavy atom. The van der Waals surface area contributed by atoms with Gasteiger partial charge in [-0.15, -0.1) is 0 Å². The Kier molecular flexibility index (Phi) is 8.55. The molecule has 1 rings (SSSR count). The zero-order chi connectivity index (χ0) is 16.4. The molecule has 1 amide bonds.